The number of aromatic nitrogens is 1. The van der Waals surface area contributed by atoms with E-state index in [9.17, 15) is 14.4 Å². The Labute approximate surface area is 193 Å². The number of hydrogen-bond acceptors (Lipinski definition) is 6. The fourth-order valence-electron chi connectivity index (χ4n) is 4.71. The number of nitrogens with two attached hydrogens (primary N) is 1. The van der Waals surface area contributed by atoms with Crippen molar-refractivity contribution in [3.63, 3.8) is 0 Å². The van der Waals surface area contributed by atoms with E-state index >= 15 is 0 Å². The minimum absolute atomic E-state index is 0.00962. The van der Waals surface area contributed by atoms with Crippen LogP contribution in [-0.4, -0.2) is 53.8 Å². The molecule has 1 saturated heterocycles. The second-order valence-electron chi connectivity index (χ2n) is 8.42. The van der Waals surface area contributed by atoms with Gasteiger partial charge in [-0.25, -0.2) is 0 Å². The average molecular weight is 455 g/mol. The van der Waals surface area contributed by atoms with Crippen LogP contribution in [0.5, 0.6) is 0 Å². The van der Waals surface area contributed by atoms with Crippen LogP contribution in [0, 0.1) is 0 Å². The molecule has 5 N–H and O–H groups in total. The lowest BCUT2D eigenvalue weighted by molar-refractivity contribution is 0.0735. The number of imide groups is 1. The number of carbonyl (C=O) groups is 3. The smallest absolute Gasteiger partial charge is 0.261 e. The zero-order chi connectivity index (χ0) is 23.4. The topological polar surface area (TPSA) is 133 Å². The first kappa shape index (κ1) is 20.3. The number of fused-ring (bicyclic) bond motifs is 2. The Morgan fingerprint density at radius 3 is 2.53 bits per heavy atom. The highest BCUT2D eigenvalue weighted by Crippen LogP contribution is 2.40. The molecule has 1 fully saturated rings. The van der Waals surface area contributed by atoms with Crippen molar-refractivity contribution in [1.29, 1.82) is 0 Å². The standard InChI is InChI=1S/C25H21N5O4/c26-22-16(19-2-1-9-34-19)12-15(20-21(22)24(32)29-23(20)31)18-11-14-10-13(3-4-17(14)28-18)25(33)30-7-5-27-6-8-30/h1-4,9-12,27-28H,5-8,26H2,(H,29,31,32). The molecule has 34 heavy (non-hydrogen) atoms. The molecule has 4 heterocycles. The second kappa shape index (κ2) is 7.60. The Balaban J connectivity index is 1.48. The third kappa shape index (κ3) is 3.09. The van der Waals surface area contributed by atoms with Crippen molar-refractivity contribution < 1.29 is 18.8 Å². The molecule has 0 atom stereocenters. The monoisotopic (exact) mass is 455 g/mol. The number of H-pyrrole nitrogens is 1. The minimum Gasteiger partial charge on any atom is -0.464 e. The highest BCUT2D eigenvalue weighted by Gasteiger charge is 2.34. The van der Waals surface area contributed by atoms with Gasteiger partial charge >= 0.3 is 0 Å². The summed E-state index contributed by atoms with van der Waals surface area (Å²) in [6.07, 6.45) is 1.52. The van der Waals surface area contributed by atoms with E-state index in [2.05, 4.69) is 15.6 Å². The number of anilines is 1. The predicted octanol–water partition coefficient (Wildman–Crippen LogP) is 2.61. The van der Waals surface area contributed by atoms with Crippen LogP contribution in [0.4, 0.5) is 5.69 Å². The zero-order valence-corrected chi connectivity index (χ0v) is 18.1. The minimum atomic E-state index is -0.535. The van der Waals surface area contributed by atoms with Gasteiger partial charge in [-0.1, -0.05) is 0 Å². The van der Waals surface area contributed by atoms with E-state index in [1.54, 1.807) is 24.3 Å². The lowest BCUT2D eigenvalue weighted by atomic mass is 9.93. The molecule has 2 aliphatic rings. The quantitative estimate of drug-likeness (QED) is 0.277. The summed E-state index contributed by atoms with van der Waals surface area (Å²) in [6, 6.07) is 12.6. The molecule has 0 unspecified atom stereocenters. The first-order valence-electron chi connectivity index (χ1n) is 11.0. The molecule has 6 rings (SSSR count). The summed E-state index contributed by atoms with van der Waals surface area (Å²) >= 11 is 0. The Kier molecular flexibility index (Phi) is 4.53. The molecule has 0 saturated carbocycles. The lowest BCUT2D eigenvalue weighted by Gasteiger charge is -2.27. The fourth-order valence-corrected chi connectivity index (χ4v) is 4.71. The van der Waals surface area contributed by atoms with Crippen molar-refractivity contribution in [3.05, 3.63) is 65.4 Å². The van der Waals surface area contributed by atoms with Crippen LogP contribution < -0.4 is 16.4 Å². The third-order valence-electron chi connectivity index (χ3n) is 6.40. The van der Waals surface area contributed by atoms with Crippen molar-refractivity contribution in [3.8, 4) is 22.6 Å². The van der Waals surface area contributed by atoms with Crippen molar-refractivity contribution >= 4 is 34.3 Å². The first-order chi connectivity index (χ1) is 16.5. The summed E-state index contributed by atoms with van der Waals surface area (Å²) in [7, 11) is 0. The van der Waals surface area contributed by atoms with E-state index in [0.29, 0.717) is 41.2 Å². The molecule has 0 aliphatic carbocycles. The summed E-state index contributed by atoms with van der Waals surface area (Å²) in [6.45, 7) is 2.91. The molecule has 9 nitrogen and oxygen atoms in total. The maximum atomic E-state index is 12.9. The van der Waals surface area contributed by atoms with Crippen molar-refractivity contribution in [1.82, 2.24) is 20.5 Å². The second-order valence-corrected chi connectivity index (χ2v) is 8.42. The lowest BCUT2D eigenvalue weighted by Crippen LogP contribution is -2.46. The van der Waals surface area contributed by atoms with Gasteiger partial charge in [0, 0.05) is 59.5 Å². The Morgan fingerprint density at radius 2 is 1.76 bits per heavy atom. The summed E-state index contributed by atoms with van der Waals surface area (Å²) in [5, 5.41) is 6.41. The van der Waals surface area contributed by atoms with E-state index in [4.69, 9.17) is 10.2 Å². The Hall–Kier alpha value is -4.37. The highest BCUT2D eigenvalue weighted by atomic mass is 16.3. The molecule has 0 radical (unpaired) electrons. The summed E-state index contributed by atoms with van der Waals surface area (Å²) < 4.78 is 5.52. The van der Waals surface area contributed by atoms with E-state index in [-0.39, 0.29) is 22.7 Å². The number of benzene rings is 2. The van der Waals surface area contributed by atoms with Crippen molar-refractivity contribution in [2.45, 2.75) is 0 Å². The Morgan fingerprint density at radius 1 is 0.971 bits per heavy atom. The molecule has 0 bridgehead atoms. The van der Waals surface area contributed by atoms with Gasteiger partial charge in [0.25, 0.3) is 17.7 Å². The van der Waals surface area contributed by atoms with Crippen molar-refractivity contribution in [2.75, 3.05) is 31.9 Å². The van der Waals surface area contributed by atoms with E-state index < -0.39 is 11.8 Å². The van der Waals surface area contributed by atoms with Crippen LogP contribution in [0.3, 0.4) is 0 Å². The van der Waals surface area contributed by atoms with E-state index in [0.717, 1.165) is 24.0 Å². The number of carbonyl (C=O) groups excluding carboxylic acids is 3. The summed E-state index contributed by atoms with van der Waals surface area (Å²) in [4.78, 5) is 43.3. The number of amides is 3. The van der Waals surface area contributed by atoms with Gasteiger partial charge in [0.1, 0.15) is 5.76 Å². The van der Waals surface area contributed by atoms with Crippen LogP contribution in [0.2, 0.25) is 0 Å². The number of nitrogens with one attached hydrogen (secondary N) is 3. The highest BCUT2D eigenvalue weighted by molar-refractivity contribution is 6.27. The molecular formula is C25H21N5O4. The van der Waals surface area contributed by atoms with Gasteiger partial charge < -0.3 is 25.4 Å². The first-order valence-corrected chi connectivity index (χ1v) is 11.0. The van der Waals surface area contributed by atoms with Gasteiger partial charge in [-0.2, -0.15) is 0 Å². The van der Waals surface area contributed by atoms with Crippen LogP contribution in [0.15, 0.2) is 53.1 Å². The molecule has 2 aliphatic heterocycles. The number of aromatic amines is 1. The molecule has 9 heteroatoms. The molecule has 2 aromatic carbocycles. The molecule has 4 aromatic rings. The maximum Gasteiger partial charge on any atom is 0.261 e. The van der Waals surface area contributed by atoms with Crippen molar-refractivity contribution in [2.24, 2.45) is 0 Å². The number of hydrogen-bond donors (Lipinski definition) is 4. The number of nitrogen functional groups attached to an aromatic ring is 1. The average Bonchev–Trinajstić information content (AvgIpc) is 3.58. The van der Waals surface area contributed by atoms with Gasteiger partial charge in [-0.3, -0.25) is 19.7 Å². The zero-order valence-electron chi connectivity index (χ0n) is 18.1. The number of furan rings is 1. The van der Waals surface area contributed by atoms with Gasteiger partial charge in [0.05, 0.1) is 23.1 Å². The molecule has 3 amide bonds. The Bertz CT molecular complexity index is 1480. The molecule has 2 aromatic heterocycles. The normalized spacial score (nSPS) is 15.6. The summed E-state index contributed by atoms with van der Waals surface area (Å²) in [5.74, 6) is -0.550. The van der Waals surface area contributed by atoms with Crippen LogP contribution in [0.25, 0.3) is 33.5 Å². The van der Waals surface area contributed by atoms with Gasteiger partial charge in [0.2, 0.25) is 0 Å². The van der Waals surface area contributed by atoms with Gasteiger partial charge in [-0.15, -0.1) is 0 Å². The number of rotatable bonds is 3. The van der Waals surface area contributed by atoms with Crippen LogP contribution in [0.1, 0.15) is 31.1 Å². The predicted molar refractivity (Wildman–Crippen MR) is 126 cm³/mol. The molecule has 170 valence electrons. The number of nitrogens with zero attached hydrogens (tertiary/aromatic N) is 1. The largest absolute Gasteiger partial charge is 0.464 e. The maximum absolute atomic E-state index is 12.9. The number of piperazine rings is 1. The molecule has 0 spiro atoms. The molecular weight excluding hydrogens is 434 g/mol. The summed E-state index contributed by atoms with van der Waals surface area (Å²) in [5.41, 5.74) is 9.95. The van der Waals surface area contributed by atoms with E-state index in [1.165, 1.54) is 6.26 Å². The van der Waals surface area contributed by atoms with Gasteiger partial charge in [0.15, 0.2) is 0 Å². The van der Waals surface area contributed by atoms with Crippen LogP contribution >= 0.6 is 0 Å². The van der Waals surface area contributed by atoms with E-state index in [1.807, 2.05) is 23.1 Å². The SMILES string of the molecule is Nc1c(-c2ccco2)cc(-c2cc3cc(C(=O)N4CCNCC4)ccc3[nH]2)c2c1C(=O)NC2=O. The van der Waals surface area contributed by atoms with Crippen LogP contribution in [-0.2, 0) is 0 Å². The fraction of sp³-hybridized carbons (Fsp3) is 0.160. The third-order valence-corrected chi connectivity index (χ3v) is 6.40. The van der Waals surface area contributed by atoms with Gasteiger partial charge in [-0.05, 0) is 42.5 Å².